The van der Waals surface area contributed by atoms with Crippen molar-refractivity contribution in [1.29, 1.82) is 0 Å². The summed E-state index contributed by atoms with van der Waals surface area (Å²) < 4.78 is 160. The first-order valence-corrected chi connectivity index (χ1v) is 6.08. The molecule has 3 nitrogen and oxygen atoms in total. The van der Waals surface area contributed by atoms with Crippen LogP contribution in [-0.2, 0) is 14.3 Å². The van der Waals surface area contributed by atoms with Gasteiger partial charge < -0.3 is 0 Å². The molecule has 0 spiro atoms. The highest BCUT2D eigenvalue weighted by atomic mass is 32.2. The number of rotatable bonds is 6. The maximum Gasteiger partial charge on any atom is 0.460 e. The standard InChI is InChI=1S/C7H5F11O3S/c1-3(8,9)2-21-22(19,20)7(17,18)5(12,13)4(10,11)6(14,15)16/h2H2,1H3. The highest BCUT2D eigenvalue weighted by molar-refractivity contribution is 7.87. The molecule has 0 aliphatic heterocycles. The zero-order valence-corrected chi connectivity index (χ0v) is 10.8. The van der Waals surface area contributed by atoms with Crippen LogP contribution < -0.4 is 0 Å². The molecule has 15 heteroatoms. The van der Waals surface area contributed by atoms with E-state index in [0.717, 1.165) is 0 Å². The predicted molar refractivity (Wildman–Crippen MR) is 46.4 cm³/mol. The lowest BCUT2D eigenvalue weighted by Gasteiger charge is -2.32. The average molecular weight is 378 g/mol. The topological polar surface area (TPSA) is 43.4 Å². The molecule has 0 radical (unpaired) electrons. The maximum absolute atomic E-state index is 12.9. The fraction of sp³-hybridized carbons (Fsp3) is 1.00. The Kier molecular flexibility index (Phi) is 5.14. The zero-order valence-electron chi connectivity index (χ0n) is 10.00. The average Bonchev–Trinajstić information content (AvgIpc) is 2.23. The Balaban J connectivity index is 5.81. The minimum Gasteiger partial charge on any atom is -0.259 e. The second-order valence-corrected chi connectivity index (χ2v) is 5.61. The van der Waals surface area contributed by atoms with Gasteiger partial charge in [0.25, 0.3) is 5.92 Å². The minimum absolute atomic E-state index is 0.122. The Morgan fingerprint density at radius 2 is 1.14 bits per heavy atom. The van der Waals surface area contributed by atoms with Gasteiger partial charge in [-0.2, -0.15) is 47.9 Å². The van der Waals surface area contributed by atoms with Crippen LogP contribution in [0.2, 0.25) is 0 Å². The predicted octanol–water partition coefficient (Wildman–Crippen LogP) is 3.41. The fourth-order valence-electron chi connectivity index (χ4n) is 0.773. The van der Waals surface area contributed by atoms with Crippen molar-refractivity contribution in [3.8, 4) is 0 Å². The SMILES string of the molecule is CC(F)(F)COS(=O)(=O)C(F)(F)C(F)(F)C(F)(F)C(F)(F)F. The lowest BCUT2D eigenvalue weighted by Crippen LogP contribution is -2.63. The molecule has 0 N–H and O–H groups in total. The molecule has 22 heavy (non-hydrogen) atoms. The van der Waals surface area contributed by atoms with Crippen molar-refractivity contribution >= 4 is 10.1 Å². The van der Waals surface area contributed by atoms with Gasteiger partial charge in [0.2, 0.25) is 0 Å². The van der Waals surface area contributed by atoms with E-state index in [0.29, 0.717) is 0 Å². The first-order valence-electron chi connectivity index (χ1n) is 4.68. The van der Waals surface area contributed by atoms with Gasteiger partial charge in [0.15, 0.2) is 0 Å². The number of hydrogen-bond donors (Lipinski definition) is 0. The van der Waals surface area contributed by atoms with E-state index >= 15 is 0 Å². The van der Waals surface area contributed by atoms with Crippen LogP contribution in [0.15, 0.2) is 0 Å². The summed E-state index contributed by atoms with van der Waals surface area (Å²) in [6, 6.07) is 0. The van der Waals surface area contributed by atoms with Crippen LogP contribution in [0.25, 0.3) is 0 Å². The van der Waals surface area contributed by atoms with Crippen LogP contribution >= 0.6 is 0 Å². The number of halogens is 11. The molecule has 0 unspecified atom stereocenters. The van der Waals surface area contributed by atoms with Crippen molar-refractivity contribution in [2.75, 3.05) is 6.61 Å². The fourth-order valence-corrected chi connectivity index (χ4v) is 1.73. The van der Waals surface area contributed by atoms with Gasteiger partial charge in [-0.05, 0) is 0 Å². The van der Waals surface area contributed by atoms with Gasteiger partial charge in [0.05, 0.1) is 0 Å². The third kappa shape index (κ3) is 3.55. The van der Waals surface area contributed by atoms with E-state index in [1.807, 2.05) is 0 Å². The molecule has 0 bridgehead atoms. The molecule has 0 saturated heterocycles. The Hall–Kier alpha value is -0.860. The molecule has 0 atom stereocenters. The van der Waals surface area contributed by atoms with Crippen LogP contribution in [0.3, 0.4) is 0 Å². The quantitative estimate of drug-likeness (QED) is 0.526. The largest absolute Gasteiger partial charge is 0.460 e. The van der Waals surface area contributed by atoms with E-state index in [-0.39, 0.29) is 6.92 Å². The summed E-state index contributed by atoms with van der Waals surface area (Å²) in [4.78, 5) is 0. The molecule has 0 fully saturated rings. The van der Waals surface area contributed by atoms with Crippen molar-refractivity contribution in [2.45, 2.75) is 36.1 Å². The first kappa shape index (κ1) is 21.1. The molecular weight excluding hydrogens is 373 g/mol. The normalized spacial score (nSPS) is 16.0. The highest BCUT2D eigenvalue weighted by Gasteiger charge is 2.85. The molecule has 0 rings (SSSR count). The van der Waals surface area contributed by atoms with E-state index in [1.54, 1.807) is 0 Å². The lowest BCUT2D eigenvalue weighted by atomic mass is 10.1. The van der Waals surface area contributed by atoms with Crippen LogP contribution in [0.1, 0.15) is 6.92 Å². The Morgan fingerprint density at radius 1 is 0.773 bits per heavy atom. The minimum atomic E-state index is -7.51. The summed E-state index contributed by atoms with van der Waals surface area (Å²) in [6.07, 6.45) is -7.25. The summed E-state index contributed by atoms with van der Waals surface area (Å²) in [5, 5.41) is -7.13. The van der Waals surface area contributed by atoms with Crippen LogP contribution in [0, 0.1) is 0 Å². The third-order valence-electron chi connectivity index (χ3n) is 1.90. The number of alkyl halides is 11. The van der Waals surface area contributed by atoms with Gasteiger partial charge in [-0.3, -0.25) is 4.18 Å². The van der Waals surface area contributed by atoms with Crippen molar-refractivity contribution in [2.24, 2.45) is 0 Å². The molecule has 0 aromatic carbocycles. The summed E-state index contributed by atoms with van der Waals surface area (Å²) in [5.74, 6) is -19.2. The van der Waals surface area contributed by atoms with E-state index in [9.17, 15) is 56.7 Å². The van der Waals surface area contributed by atoms with E-state index in [2.05, 4.69) is 4.18 Å². The van der Waals surface area contributed by atoms with Gasteiger partial charge in [-0.15, -0.1) is 0 Å². The Morgan fingerprint density at radius 3 is 1.41 bits per heavy atom. The molecule has 0 aromatic heterocycles. The molecular formula is C7H5F11O3S. The van der Waals surface area contributed by atoms with Gasteiger partial charge in [0.1, 0.15) is 6.61 Å². The van der Waals surface area contributed by atoms with Crippen molar-refractivity contribution in [3.63, 3.8) is 0 Å². The lowest BCUT2D eigenvalue weighted by molar-refractivity contribution is -0.382. The second kappa shape index (κ2) is 5.35. The van der Waals surface area contributed by atoms with E-state index in [1.165, 1.54) is 0 Å². The summed E-state index contributed by atoms with van der Waals surface area (Å²) in [6.45, 7) is -2.60. The van der Waals surface area contributed by atoms with E-state index < -0.39 is 45.9 Å². The zero-order chi connectivity index (χ0) is 18.4. The number of hydrogen-bond acceptors (Lipinski definition) is 3. The molecule has 0 aromatic rings. The first-order chi connectivity index (χ1) is 9.21. The molecule has 0 saturated carbocycles. The molecule has 0 heterocycles. The second-order valence-electron chi connectivity index (χ2n) is 3.95. The van der Waals surface area contributed by atoms with Gasteiger partial charge >= 0.3 is 33.4 Å². The van der Waals surface area contributed by atoms with Gasteiger partial charge in [-0.1, -0.05) is 0 Å². The molecule has 134 valence electrons. The van der Waals surface area contributed by atoms with Gasteiger partial charge in [0, 0.05) is 6.92 Å². The Bertz CT molecular complexity index is 501. The van der Waals surface area contributed by atoms with Crippen LogP contribution in [0.4, 0.5) is 48.3 Å². The van der Waals surface area contributed by atoms with Crippen molar-refractivity contribution in [3.05, 3.63) is 0 Å². The Labute approximate surface area is 115 Å². The third-order valence-corrected chi connectivity index (χ3v) is 3.21. The maximum atomic E-state index is 12.9. The molecule has 0 aliphatic carbocycles. The summed E-state index contributed by atoms with van der Waals surface area (Å²) >= 11 is 0. The molecule has 0 aliphatic rings. The summed E-state index contributed by atoms with van der Waals surface area (Å²) in [5.41, 5.74) is 0. The van der Waals surface area contributed by atoms with Gasteiger partial charge in [-0.25, -0.2) is 8.78 Å². The van der Waals surface area contributed by atoms with E-state index in [4.69, 9.17) is 0 Å². The van der Waals surface area contributed by atoms with Crippen LogP contribution in [-0.4, -0.2) is 44.2 Å². The monoisotopic (exact) mass is 378 g/mol. The highest BCUT2D eigenvalue weighted by Crippen LogP contribution is 2.54. The smallest absolute Gasteiger partial charge is 0.259 e. The summed E-state index contributed by atoms with van der Waals surface area (Å²) in [7, 11) is -7.24. The van der Waals surface area contributed by atoms with Crippen molar-refractivity contribution < 1.29 is 60.9 Å². The van der Waals surface area contributed by atoms with Crippen LogP contribution in [0.5, 0.6) is 0 Å². The van der Waals surface area contributed by atoms with Crippen molar-refractivity contribution in [1.82, 2.24) is 0 Å². The molecule has 0 amide bonds.